The number of methoxy groups -OCH3 is 1. The maximum Gasteiger partial charge on any atom is 0.300 e. The highest BCUT2D eigenvalue weighted by Gasteiger charge is 2.49. The van der Waals surface area contributed by atoms with Gasteiger partial charge in [0.1, 0.15) is 29.1 Å². The van der Waals surface area contributed by atoms with Crippen LogP contribution in [0.5, 0.6) is 11.5 Å². The molecular weight excluding hydrogens is 386 g/mol. The highest BCUT2D eigenvalue weighted by molar-refractivity contribution is 6.51. The SMILES string of the molecule is COc1ccc(/C(O)=C2/C(=O)C(=O)N(c3ccccc3O)C2c2ccco2)cc1C. The molecule has 0 bridgehead atoms. The molecular formula is C23H19NO6. The summed E-state index contributed by atoms with van der Waals surface area (Å²) in [6.45, 7) is 1.81. The van der Waals surface area contributed by atoms with E-state index in [9.17, 15) is 19.8 Å². The Morgan fingerprint density at radius 2 is 1.87 bits per heavy atom. The second-order valence-electron chi connectivity index (χ2n) is 6.86. The van der Waals surface area contributed by atoms with Gasteiger partial charge in [0.2, 0.25) is 0 Å². The average molecular weight is 405 g/mol. The first-order valence-corrected chi connectivity index (χ1v) is 9.21. The molecule has 0 spiro atoms. The summed E-state index contributed by atoms with van der Waals surface area (Å²) in [6, 6.07) is 13.3. The molecule has 0 aliphatic carbocycles. The van der Waals surface area contributed by atoms with Crippen LogP contribution in [0.2, 0.25) is 0 Å². The Labute approximate surface area is 172 Å². The van der Waals surface area contributed by atoms with Crippen molar-refractivity contribution in [3.63, 3.8) is 0 Å². The van der Waals surface area contributed by atoms with Crippen LogP contribution in [0.25, 0.3) is 5.76 Å². The number of phenols is 1. The van der Waals surface area contributed by atoms with Gasteiger partial charge in [0.15, 0.2) is 0 Å². The van der Waals surface area contributed by atoms with E-state index in [4.69, 9.17) is 9.15 Å². The molecule has 0 radical (unpaired) electrons. The predicted molar refractivity (Wildman–Crippen MR) is 109 cm³/mol. The number of nitrogens with zero attached hydrogens (tertiary/aromatic N) is 1. The van der Waals surface area contributed by atoms with Gasteiger partial charge >= 0.3 is 0 Å². The molecule has 1 aliphatic rings. The topological polar surface area (TPSA) is 100 Å². The van der Waals surface area contributed by atoms with Gasteiger partial charge < -0.3 is 19.4 Å². The molecule has 1 unspecified atom stereocenters. The van der Waals surface area contributed by atoms with E-state index in [2.05, 4.69) is 0 Å². The van der Waals surface area contributed by atoms with Gasteiger partial charge in [0.05, 0.1) is 24.6 Å². The monoisotopic (exact) mass is 405 g/mol. The van der Waals surface area contributed by atoms with Crippen molar-refractivity contribution >= 4 is 23.1 Å². The number of anilines is 1. The molecule has 152 valence electrons. The van der Waals surface area contributed by atoms with E-state index in [-0.39, 0.29) is 28.5 Å². The number of hydrogen-bond acceptors (Lipinski definition) is 6. The first kappa shape index (κ1) is 19.3. The van der Waals surface area contributed by atoms with Crippen LogP contribution in [0, 0.1) is 6.92 Å². The lowest BCUT2D eigenvalue weighted by Crippen LogP contribution is -2.29. The van der Waals surface area contributed by atoms with Crippen LogP contribution < -0.4 is 9.64 Å². The summed E-state index contributed by atoms with van der Waals surface area (Å²) in [5.41, 5.74) is 1.14. The van der Waals surface area contributed by atoms with Crippen LogP contribution in [0.1, 0.15) is 22.9 Å². The molecule has 7 heteroatoms. The largest absolute Gasteiger partial charge is 0.507 e. The number of furan rings is 1. The number of Topliss-reactive ketones (excluding diaryl/α,β-unsaturated/α-hetero) is 1. The number of aliphatic hydroxyl groups is 1. The molecule has 2 N–H and O–H groups in total. The van der Waals surface area contributed by atoms with E-state index in [0.29, 0.717) is 11.3 Å². The number of ketones is 1. The normalized spacial score (nSPS) is 18.1. The number of aryl methyl sites for hydroxylation is 1. The van der Waals surface area contributed by atoms with Crippen molar-refractivity contribution in [2.45, 2.75) is 13.0 Å². The summed E-state index contributed by atoms with van der Waals surface area (Å²) in [5.74, 6) is -1.34. The van der Waals surface area contributed by atoms with Crippen molar-refractivity contribution in [3.8, 4) is 11.5 Å². The van der Waals surface area contributed by atoms with E-state index in [1.807, 2.05) is 0 Å². The number of amides is 1. The molecule has 0 saturated carbocycles. The third-order valence-electron chi connectivity index (χ3n) is 5.07. The Kier molecular flexibility index (Phi) is 4.79. The molecule has 1 aromatic heterocycles. The number of rotatable bonds is 4. The number of aromatic hydroxyl groups is 1. The lowest BCUT2D eigenvalue weighted by molar-refractivity contribution is -0.132. The zero-order valence-electron chi connectivity index (χ0n) is 16.3. The number of phenolic OH excluding ortho intramolecular Hbond substituents is 1. The third-order valence-corrected chi connectivity index (χ3v) is 5.07. The van der Waals surface area contributed by atoms with Gasteiger partial charge in [0.25, 0.3) is 11.7 Å². The van der Waals surface area contributed by atoms with Crippen LogP contribution in [0.15, 0.2) is 70.9 Å². The van der Waals surface area contributed by atoms with Crippen LogP contribution in [0.3, 0.4) is 0 Å². The smallest absolute Gasteiger partial charge is 0.300 e. The second-order valence-corrected chi connectivity index (χ2v) is 6.86. The van der Waals surface area contributed by atoms with Crippen LogP contribution in [-0.2, 0) is 9.59 Å². The first-order chi connectivity index (χ1) is 14.4. The fraction of sp³-hybridized carbons (Fsp3) is 0.130. The van der Waals surface area contributed by atoms with Crippen molar-refractivity contribution < 1.29 is 29.0 Å². The zero-order chi connectivity index (χ0) is 21.4. The number of carbonyl (C=O) groups excluding carboxylic acids is 2. The number of carbonyl (C=O) groups is 2. The fourth-order valence-electron chi connectivity index (χ4n) is 3.65. The van der Waals surface area contributed by atoms with Gasteiger partial charge in [-0.05, 0) is 55.0 Å². The van der Waals surface area contributed by atoms with Gasteiger partial charge in [-0.15, -0.1) is 0 Å². The van der Waals surface area contributed by atoms with Crippen molar-refractivity contribution in [2.24, 2.45) is 0 Å². The molecule has 1 fully saturated rings. The van der Waals surface area contributed by atoms with Crippen LogP contribution in [0.4, 0.5) is 5.69 Å². The summed E-state index contributed by atoms with van der Waals surface area (Å²) in [6.07, 6.45) is 1.41. The minimum atomic E-state index is -1.03. The summed E-state index contributed by atoms with van der Waals surface area (Å²) in [5, 5.41) is 21.3. The van der Waals surface area contributed by atoms with E-state index < -0.39 is 17.7 Å². The van der Waals surface area contributed by atoms with Gasteiger partial charge in [-0.2, -0.15) is 0 Å². The Morgan fingerprint density at radius 3 is 2.50 bits per heavy atom. The Morgan fingerprint density at radius 1 is 1.10 bits per heavy atom. The molecule has 1 saturated heterocycles. The molecule has 2 aromatic carbocycles. The lowest BCUT2D eigenvalue weighted by atomic mass is 9.98. The maximum atomic E-state index is 13.0. The van der Waals surface area contributed by atoms with Crippen LogP contribution >= 0.6 is 0 Å². The van der Waals surface area contributed by atoms with Crippen molar-refractivity contribution in [2.75, 3.05) is 12.0 Å². The van der Waals surface area contributed by atoms with Crippen molar-refractivity contribution in [3.05, 3.63) is 83.3 Å². The number of ether oxygens (including phenoxy) is 1. The maximum absolute atomic E-state index is 13.0. The van der Waals surface area contributed by atoms with E-state index in [1.165, 1.54) is 25.5 Å². The van der Waals surface area contributed by atoms with E-state index >= 15 is 0 Å². The highest BCUT2D eigenvalue weighted by Crippen LogP contribution is 2.44. The summed E-state index contributed by atoms with van der Waals surface area (Å²) in [7, 11) is 1.54. The first-order valence-electron chi connectivity index (χ1n) is 9.21. The number of hydrogen-bond donors (Lipinski definition) is 2. The van der Waals surface area contributed by atoms with Crippen molar-refractivity contribution in [1.82, 2.24) is 0 Å². The lowest BCUT2D eigenvalue weighted by Gasteiger charge is -2.24. The Bertz CT molecular complexity index is 1160. The van der Waals surface area contributed by atoms with Gasteiger partial charge in [-0.25, -0.2) is 0 Å². The van der Waals surface area contributed by atoms with Gasteiger partial charge in [0, 0.05) is 5.56 Å². The summed E-state index contributed by atoms with van der Waals surface area (Å²) >= 11 is 0. The third kappa shape index (κ3) is 3.00. The molecule has 30 heavy (non-hydrogen) atoms. The molecule has 1 atom stereocenters. The standard InChI is InChI=1S/C23H19NO6/c1-13-12-14(9-10-17(13)29-2)21(26)19-20(18-8-5-11-30-18)24(23(28)22(19)27)15-6-3-4-7-16(15)25/h3-12,20,25-26H,1-2H3/b21-19-. The minimum Gasteiger partial charge on any atom is -0.507 e. The molecule has 1 amide bonds. The summed E-state index contributed by atoms with van der Waals surface area (Å²) < 4.78 is 10.7. The Balaban J connectivity index is 1.93. The van der Waals surface area contributed by atoms with Crippen molar-refractivity contribution in [1.29, 1.82) is 0 Å². The quantitative estimate of drug-likeness (QED) is 0.388. The molecule has 1 aliphatic heterocycles. The minimum absolute atomic E-state index is 0.122. The molecule has 4 rings (SSSR count). The van der Waals surface area contributed by atoms with Crippen LogP contribution in [-0.4, -0.2) is 29.0 Å². The number of para-hydroxylation sites is 2. The Hall–Kier alpha value is -4.00. The van der Waals surface area contributed by atoms with Gasteiger partial charge in [-0.3, -0.25) is 14.5 Å². The average Bonchev–Trinajstić information content (AvgIpc) is 3.35. The number of aliphatic hydroxyl groups excluding tert-OH is 1. The molecule has 7 nitrogen and oxygen atoms in total. The fourth-order valence-corrected chi connectivity index (χ4v) is 3.65. The molecule has 2 heterocycles. The second kappa shape index (κ2) is 7.44. The zero-order valence-corrected chi connectivity index (χ0v) is 16.3. The van der Waals surface area contributed by atoms with E-state index in [1.54, 1.807) is 49.4 Å². The van der Waals surface area contributed by atoms with Gasteiger partial charge in [-0.1, -0.05) is 12.1 Å². The predicted octanol–water partition coefficient (Wildman–Crippen LogP) is 3.93. The number of benzene rings is 2. The summed E-state index contributed by atoms with van der Waals surface area (Å²) in [4.78, 5) is 27.0. The van der Waals surface area contributed by atoms with E-state index in [0.717, 1.165) is 10.5 Å². The highest BCUT2D eigenvalue weighted by atomic mass is 16.5. The molecule has 3 aromatic rings.